The van der Waals surface area contributed by atoms with Crippen molar-refractivity contribution in [2.75, 3.05) is 12.9 Å². The molecule has 6 rings (SSSR count). The highest BCUT2D eigenvalue weighted by atomic mass is 32.2. The van der Waals surface area contributed by atoms with Gasteiger partial charge in [0.1, 0.15) is 6.04 Å². The molecule has 0 aromatic heterocycles. The van der Waals surface area contributed by atoms with Crippen LogP contribution in [0, 0.1) is 5.92 Å². The summed E-state index contributed by atoms with van der Waals surface area (Å²) in [5.74, 6) is -0.257. The summed E-state index contributed by atoms with van der Waals surface area (Å²) in [5.41, 5.74) is 5.30. The van der Waals surface area contributed by atoms with Crippen molar-refractivity contribution in [3.05, 3.63) is 215 Å². The number of hydrogen-bond donors (Lipinski definition) is 2. The van der Waals surface area contributed by atoms with Crippen molar-refractivity contribution in [1.29, 1.82) is 0 Å². The Bertz CT molecular complexity index is 1850. The van der Waals surface area contributed by atoms with Crippen LogP contribution in [0.2, 0.25) is 0 Å². The van der Waals surface area contributed by atoms with E-state index in [0.29, 0.717) is 12.2 Å². The molecule has 54 heavy (non-hydrogen) atoms. The van der Waals surface area contributed by atoms with E-state index in [1.807, 2.05) is 86.6 Å². The summed E-state index contributed by atoms with van der Waals surface area (Å²) in [4.78, 5) is 28.2. The number of rotatable bonds is 16. The molecular weight excluding hydrogens is 685 g/mol. The molecule has 0 unspecified atom stereocenters. The number of carbonyl (C=O) groups is 2. The van der Waals surface area contributed by atoms with E-state index in [1.54, 1.807) is 11.8 Å². The average Bonchev–Trinajstić information content (AvgIpc) is 3.23. The number of hydrogen-bond acceptors (Lipinski definition) is 5. The van der Waals surface area contributed by atoms with Crippen LogP contribution >= 0.6 is 11.8 Å². The van der Waals surface area contributed by atoms with Crippen molar-refractivity contribution in [3.8, 4) is 0 Å². The van der Waals surface area contributed by atoms with Gasteiger partial charge in [0.25, 0.3) is 0 Å². The van der Waals surface area contributed by atoms with Crippen LogP contribution in [0.5, 0.6) is 0 Å². The van der Waals surface area contributed by atoms with Gasteiger partial charge in [0.15, 0.2) is 0 Å². The molecule has 1 amide bonds. The molecule has 0 aliphatic carbocycles. The molecule has 0 saturated carbocycles. The van der Waals surface area contributed by atoms with Gasteiger partial charge in [-0.3, -0.25) is 10.1 Å². The first-order valence-electron chi connectivity index (χ1n) is 18.5. The number of methoxy groups -OCH3 is 1. The Morgan fingerprint density at radius 2 is 0.870 bits per heavy atom. The van der Waals surface area contributed by atoms with Gasteiger partial charge in [-0.2, -0.15) is 0 Å². The van der Waals surface area contributed by atoms with E-state index in [4.69, 9.17) is 4.74 Å². The second kappa shape index (κ2) is 18.1. The quantitative estimate of drug-likeness (QED) is 0.0767. The monoisotopic (exact) mass is 732 g/mol. The van der Waals surface area contributed by atoms with E-state index < -0.39 is 28.3 Å². The zero-order valence-corrected chi connectivity index (χ0v) is 31.9. The smallest absolute Gasteiger partial charge is 0.328 e. The van der Waals surface area contributed by atoms with Crippen molar-refractivity contribution in [2.24, 2.45) is 5.92 Å². The van der Waals surface area contributed by atoms with Crippen LogP contribution in [0.3, 0.4) is 0 Å². The summed E-state index contributed by atoms with van der Waals surface area (Å²) in [6, 6.07) is 60.7. The van der Waals surface area contributed by atoms with Crippen LogP contribution in [0.1, 0.15) is 53.6 Å². The molecule has 6 heteroatoms. The molecule has 274 valence electrons. The van der Waals surface area contributed by atoms with Gasteiger partial charge in [0, 0.05) is 5.75 Å². The Morgan fingerprint density at radius 3 is 1.19 bits per heavy atom. The lowest BCUT2D eigenvalue weighted by Crippen LogP contribution is -2.58. The lowest BCUT2D eigenvalue weighted by Gasteiger charge is -2.41. The minimum absolute atomic E-state index is 0.147. The molecule has 0 aliphatic heterocycles. The maximum Gasteiger partial charge on any atom is 0.328 e. The summed E-state index contributed by atoms with van der Waals surface area (Å²) in [6.45, 7) is 4.07. The van der Waals surface area contributed by atoms with E-state index in [9.17, 15) is 4.79 Å². The SMILES string of the molecule is COC(=O)[C@@H](CC(C)C)NC(=O)[C@H](CSC(c1ccccc1)(c1ccccc1)c1ccccc1)NC(c1ccccc1)(c1ccccc1)c1ccccc1. The molecule has 0 radical (unpaired) electrons. The second-order valence-corrected chi connectivity index (χ2v) is 15.1. The van der Waals surface area contributed by atoms with E-state index in [2.05, 4.69) is 120 Å². The van der Waals surface area contributed by atoms with Crippen LogP contribution in [-0.2, 0) is 24.6 Å². The average molecular weight is 733 g/mol. The van der Waals surface area contributed by atoms with Crippen LogP contribution in [0.4, 0.5) is 0 Å². The Hall–Kier alpha value is -5.43. The summed E-state index contributed by atoms with van der Waals surface area (Å²) >= 11 is 1.71. The van der Waals surface area contributed by atoms with Gasteiger partial charge in [-0.05, 0) is 45.7 Å². The molecular formula is C48H48N2O3S. The third kappa shape index (κ3) is 8.36. The Kier molecular flexibility index (Phi) is 12.8. The van der Waals surface area contributed by atoms with Gasteiger partial charge in [-0.1, -0.05) is 196 Å². The molecule has 0 spiro atoms. The Balaban J connectivity index is 1.55. The predicted octanol–water partition coefficient (Wildman–Crippen LogP) is 9.37. The molecule has 0 fully saturated rings. The predicted molar refractivity (Wildman–Crippen MR) is 221 cm³/mol. The van der Waals surface area contributed by atoms with Crippen LogP contribution < -0.4 is 10.6 Å². The molecule has 0 saturated heterocycles. The van der Waals surface area contributed by atoms with Crippen molar-refractivity contribution in [2.45, 2.75) is 42.6 Å². The first-order valence-corrected chi connectivity index (χ1v) is 19.5. The number of thioether (sulfide) groups is 1. The topological polar surface area (TPSA) is 67.4 Å². The van der Waals surface area contributed by atoms with Gasteiger partial charge < -0.3 is 10.1 Å². The van der Waals surface area contributed by atoms with E-state index in [1.165, 1.54) is 7.11 Å². The first-order chi connectivity index (χ1) is 26.4. The van der Waals surface area contributed by atoms with Gasteiger partial charge in [-0.25, -0.2) is 4.79 Å². The third-order valence-corrected chi connectivity index (χ3v) is 11.5. The maximum absolute atomic E-state index is 15.1. The number of nitrogens with one attached hydrogen (secondary N) is 2. The van der Waals surface area contributed by atoms with Crippen LogP contribution in [-0.4, -0.2) is 36.8 Å². The molecule has 0 bridgehead atoms. The molecule has 2 N–H and O–H groups in total. The molecule has 0 aliphatic rings. The minimum Gasteiger partial charge on any atom is -0.467 e. The summed E-state index contributed by atoms with van der Waals surface area (Å²) < 4.78 is 4.53. The molecule has 0 heterocycles. The Labute approximate surface area is 324 Å². The van der Waals surface area contributed by atoms with Gasteiger partial charge in [0.2, 0.25) is 5.91 Å². The Morgan fingerprint density at radius 1 is 0.537 bits per heavy atom. The van der Waals surface area contributed by atoms with E-state index in [-0.39, 0.29) is 11.8 Å². The highest BCUT2D eigenvalue weighted by Crippen LogP contribution is 2.49. The van der Waals surface area contributed by atoms with E-state index in [0.717, 1.165) is 33.4 Å². The number of carbonyl (C=O) groups excluding carboxylic acids is 2. The fourth-order valence-electron chi connectivity index (χ4n) is 7.34. The summed E-state index contributed by atoms with van der Waals surface area (Å²) in [5, 5.41) is 7.12. The maximum atomic E-state index is 15.1. The second-order valence-electron chi connectivity index (χ2n) is 13.8. The van der Waals surface area contributed by atoms with Gasteiger partial charge >= 0.3 is 5.97 Å². The zero-order valence-electron chi connectivity index (χ0n) is 31.1. The normalized spacial score (nSPS) is 12.8. The van der Waals surface area contributed by atoms with Crippen molar-refractivity contribution >= 4 is 23.6 Å². The lowest BCUT2D eigenvalue weighted by molar-refractivity contribution is -0.145. The number of amides is 1. The summed E-state index contributed by atoms with van der Waals surface area (Å²) in [7, 11) is 1.37. The molecule has 6 aromatic carbocycles. The van der Waals surface area contributed by atoms with Crippen molar-refractivity contribution in [1.82, 2.24) is 10.6 Å². The number of benzene rings is 6. The van der Waals surface area contributed by atoms with Gasteiger partial charge in [-0.15, -0.1) is 11.8 Å². The highest BCUT2D eigenvalue weighted by Gasteiger charge is 2.43. The van der Waals surface area contributed by atoms with Crippen LogP contribution in [0.15, 0.2) is 182 Å². The highest BCUT2D eigenvalue weighted by molar-refractivity contribution is 8.00. The molecule has 6 aromatic rings. The van der Waals surface area contributed by atoms with Crippen LogP contribution in [0.25, 0.3) is 0 Å². The number of ether oxygens (including phenoxy) is 1. The first kappa shape index (κ1) is 38.3. The number of esters is 1. The standard InChI is InChI=1S/C48H48N2O3S/c1-36(2)34-43(46(52)53-3)49-45(51)44(50-47(37-22-10-4-11-23-37,38-24-12-5-13-25-38)39-26-14-6-15-27-39)35-54-48(40-28-16-7-17-29-40,41-30-18-8-19-31-41)42-32-20-9-21-33-42/h4-33,36,43-44,50H,34-35H2,1-3H3,(H,49,51)/t43-,44+/m1/s1. The fraction of sp³-hybridized carbons (Fsp3) is 0.208. The fourth-order valence-corrected chi connectivity index (χ4v) is 8.90. The minimum atomic E-state index is -0.944. The van der Waals surface area contributed by atoms with Crippen molar-refractivity contribution in [3.63, 3.8) is 0 Å². The third-order valence-electron chi connectivity index (χ3n) is 9.84. The molecule has 5 nitrogen and oxygen atoms in total. The molecule has 2 atom stereocenters. The largest absolute Gasteiger partial charge is 0.467 e. The van der Waals surface area contributed by atoms with Gasteiger partial charge in [0.05, 0.1) is 23.4 Å². The summed E-state index contributed by atoms with van der Waals surface area (Å²) in [6.07, 6.45) is 0.446. The zero-order chi connectivity index (χ0) is 37.8. The van der Waals surface area contributed by atoms with Crippen molar-refractivity contribution < 1.29 is 14.3 Å². The van der Waals surface area contributed by atoms with E-state index >= 15 is 4.79 Å². The lowest BCUT2D eigenvalue weighted by atomic mass is 9.76.